The zero-order valence-electron chi connectivity index (χ0n) is 18.1. The second-order valence-corrected chi connectivity index (χ2v) is 10.1. The first-order chi connectivity index (χ1) is 15.0. The molecule has 2 aliphatic rings. The molecule has 2 heterocycles. The Labute approximate surface area is 188 Å². The summed E-state index contributed by atoms with van der Waals surface area (Å²) >= 11 is 6.21. The first-order valence-corrected chi connectivity index (χ1v) is 11.9. The van der Waals surface area contributed by atoms with Crippen LogP contribution >= 0.6 is 11.6 Å². The largest absolute Gasteiger partial charge is 0.330 e. The molecule has 0 aliphatic heterocycles. The van der Waals surface area contributed by atoms with Gasteiger partial charge in [0.2, 0.25) is 5.95 Å². The van der Waals surface area contributed by atoms with Gasteiger partial charge in [-0.3, -0.25) is 4.57 Å². The molecule has 5 rings (SSSR count). The standard InChI is InChI=1S/C24H31ClN6/c1-24(10-3-11-24)13-21-27-15-20-22(30-21)31(19-8-6-16(14-26)7-9-19)23(29-20)28-18-5-2-4-17(25)12-18/h2,4-5,12,15-16,19H,3,6-11,13-14,26H2,1H3,(H,28,29). The van der Waals surface area contributed by atoms with Gasteiger partial charge in [0.1, 0.15) is 11.3 Å². The highest BCUT2D eigenvalue weighted by atomic mass is 35.5. The Kier molecular flexibility index (Phi) is 5.61. The molecule has 0 radical (unpaired) electrons. The van der Waals surface area contributed by atoms with Gasteiger partial charge < -0.3 is 11.1 Å². The van der Waals surface area contributed by atoms with Crippen LogP contribution in [-0.2, 0) is 6.42 Å². The number of anilines is 2. The SMILES string of the molecule is CC1(Cc2ncc3nc(Nc4cccc(Cl)c4)n(C4CCC(CN)CC4)c3n2)CCC1. The fraction of sp³-hybridized carbons (Fsp3) is 0.542. The van der Waals surface area contributed by atoms with Gasteiger partial charge in [0.15, 0.2) is 5.65 Å². The summed E-state index contributed by atoms with van der Waals surface area (Å²) < 4.78 is 2.30. The topological polar surface area (TPSA) is 81.7 Å². The first kappa shape index (κ1) is 20.7. The second-order valence-electron chi connectivity index (χ2n) is 9.69. The number of halogens is 1. The molecular weight excluding hydrogens is 408 g/mol. The van der Waals surface area contributed by atoms with E-state index in [1.165, 1.54) is 19.3 Å². The lowest BCUT2D eigenvalue weighted by Gasteiger charge is -2.37. The summed E-state index contributed by atoms with van der Waals surface area (Å²) in [6.45, 7) is 3.12. The van der Waals surface area contributed by atoms with Crippen molar-refractivity contribution in [2.75, 3.05) is 11.9 Å². The molecule has 2 saturated carbocycles. The Bertz CT molecular complexity index is 1070. The number of nitrogens with one attached hydrogen (secondary N) is 1. The molecule has 0 unspecified atom stereocenters. The fourth-order valence-corrected chi connectivity index (χ4v) is 5.31. The van der Waals surface area contributed by atoms with E-state index >= 15 is 0 Å². The summed E-state index contributed by atoms with van der Waals surface area (Å²) in [6, 6.07) is 8.11. The Morgan fingerprint density at radius 1 is 1.19 bits per heavy atom. The number of fused-ring (bicyclic) bond motifs is 1. The van der Waals surface area contributed by atoms with E-state index in [1.807, 2.05) is 30.5 Å². The normalized spacial score (nSPS) is 22.9. The van der Waals surface area contributed by atoms with Crippen LogP contribution in [0.5, 0.6) is 0 Å². The molecular formula is C24H31ClN6. The van der Waals surface area contributed by atoms with E-state index in [2.05, 4.69) is 21.8 Å². The molecule has 164 valence electrons. The van der Waals surface area contributed by atoms with Gasteiger partial charge in [-0.25, -0.2) is 15.0 Å². The molecule has 3 N–H and O–H groups in total. The highest BCUT2D eigenvalue weighted by molar-refractivity contribution is 6.30. The Hall–Kier alpha value is -2.18. The summed E-state index contributed by atoms with van der Waals surface area (Å²) in [4.78, 5) is 14.6. The summed E-state index contributed by atoms with van der Waals surface area (Å²) in [5, 5.41) is 4.19. The van der Waals surface area contributed by atoms with Crippen molar-refractivity contribution in [3.63, 3.8) is 0 Å². The Balaban J connectivity index is 1.52. The average Bonchev–Trinajstić information content (AvgIpc) is 3.09. The molecule has 3 aromatic rings. The molecule has 7 heteroatoms. The maximum Gasteiger partial charge on any atom is 0.209 e. The van der Waals surface area contributed by atoms with E-state index in [0.29, 0.717) is 22.4 Å². The van der Waals surface area contributed by atoms with E-state index in [0.717, 1.165) is 67.3 Å². The van der Waals surface area contributed by atoms with Crippen molar-refractivity contribution in [2.24, 2.45) is 17.1 Å². The van der Waals surface area contributed by atoms with Gasteiger partial charge in [-0.2, -0.15) is 0 Å². The monoisotopic (exact) mass is 438 g/mol. The molecule has 2 fully saturated rings. The van der Waals surface area contributed by atoms with Crippen molar-refractivity contribution in [3.8, 4) is 0 Å². The van der Waals surface area contributed by atoms with Gasteiger partial charge in [0.05, 0.1) is 6.20 Å². The van der Waals surface area contributed by atoms with Gasteiger partial charge in [0.25, 0.3) is 0 Å². The average molecular weight is 439 g/mol. The predicted molar refractivity (Wildman–Crippen MR) is 126 cm³/mol. The van der Waals surface area contributed by atoms with Crippen molar-refractivity contribution < 1.29 is 0 Å². The zero-order chi connectivity index (χ0) is 21.4. The Morgan fingerprint density at radius 3 is 2.68 bits per heavy atom. The van der Waals surface area contributed by atoms with E-state index < -0.39 is 0 Å². The van der Waals surface area contributed by atoms with E-state index in [9.17, 15) is 0 Å². The molecule has 0 spiro atoms. The molecule has 6 nitrogen and oxygen atoms in total. The van der Waals surface area contributed by atoms with Gasteiger partial charge in [-0.05, 0) is 74.6 Å². The quantitative estimate of drug-likeness (QED) is 0.520. The van der Waals surface area contributed by atoms with Crippen LogP contribution in [0.25, 0.3) is 11.2 Å². The minimum absolute atomic E-state index is 0.347. The predicted octanol–water partition coefficient (Wildman–Crippen LogP) is 5.65. The third-order valence-corrected chi connectivity index (χ3v) is 7.46. The van der Waals surface area contributed by atoms with Gasteiger partial charge >= 0.3 is 0 Å². The van der Waals surface area contributed by atoms with Crippen molar-refractivity contribution in [3.05, 3.63) is 41.3 Å². The Morgan fingerprint density at radius 2 is 2.00 bits per heavy atom. The molecule has 0 saturated heterocycles. The fourth-order valence-electron chi connectivity index (χ4n) is 5.12. The number of aromatic nitrogens is 4. The van der Waals surface area contributed by atoms with Crippen molar-refractivity contribution in [1.82, 2.24) is 19.5 Å². The number of rotatable bonds is 6. The van der Waals surface area contributed by atoms with Gasteiger partial charge in [0, 0.05) is 23.2 Å². The molecule has 0 bridgehead atoms. The third-order valence-electron chi connectivity index (χ3n) is 7.22. The number of hydrogen-bond donors (Lipinski definition) is 2. The van der Waals surface area contributed by atoms with Crippen LogP contribution in [-0.4, -0.2) is 26.1 Å². The van der Waals surface area contributed by atoms with Crippen LogP contribution in [0.2, 0.25) is 5.02 Å². The van der Waals surface area contributed by atoms with Crippen molar-refractivity contribution in [2.45, 2.75) is 64.3 Å². The number of hydrogen-bond acceptors (Lipinski definition) is 5. The lowest BCUT2D eigenvalue weighted by Crippen LogP contribution is -2.29. The van der Waals surface area contributed by atoms with Crippen LogP contribution in [0.15, 0.2) is 30.5 Å². The maximum atomic E-state index is 6.21. The molecule has 2 aliphatic carbocycles. The molecule has 0 atom stereocenters. The number of imidazole rings is 1. The van der Waals surface area contributed by atoms with Crippen LogP contribution < -0.4 is 11.1 Å². The summed E-state index contributed by atoms with van der Waals surface area (Å²) in [5.74, 6) is 2.37. The smallest absolute Gasteiger partial charge is 0.209 e. The maximum absolute atomic E-state index is 6.21. The molecule has 2 aromatic heterocycles. The van der Waals surface area contributed by atoms with Crippen LogP contribution in [0, 0.1) is 11.3 Å². The molecule has 31 heavy (non-hydrogen) atoms. The minimum atomic E-state index is 0.347. The number of nitrogens with two attached hydrogens (primary N) is 1. The number of benzene rings is 1. The number of nitrogens with zero attached hydrogens (tertiary/aromatic N) is 4. The van der Waals surface area contributed by atoms with Crippen LogP contribution in [0.1, 0.15) is 63.7 Å². The highest BCUT2D eigenvalue weighted by Gasteiger charge is 2.33. The van der Waals surface area contributed by atoms with Crippen LogP contribution in [0.3, 0.4) is 0 Å². The molecule has 0 amide bonds. The third kappa shape index (κ3) is 4.28. The van der Waals surface area contributed by atoms with E-state index in [-0.39, 0.29) is 0 Å². The molecule has 1 aromatic carbocycles. The second kappa shape index (κ2) is 8.40. The lowest BCUT2D eigenvalue weighted by atomic mass is 9.68. The first-order valence-electron chi connectivity index (χ1n) is 11.5. The van der Waals surface area contributed by atoms with E-state index in [1.54, 1.807) is 0 Å². The van der Waals surface area contributed by atoms with Gasteiger partial charge in [-0.1, -0.05) is 31.0 Å². The van der Waals surface area contributed by atoms with Crippen molar-refractivity contribution >= 4 is 34.4 Å². The summed E-state index contributed by atoms with van der Waals surface area (Å²) in [5.41, 5.74) is 8.99. The van der Waals surface area contributed by atoms with Gasteiger partial charge in [-0.15, -0.1) is 0 Å². The zero-order valence-corrected chi connectivity index (χ0v) is 18.9. The van der Waals surface area contributed by atoms with Crippen molar-refractivity contribution in [1.29, 1.82) is 0 Å². The summed E-state index contributed by atoms with van der Waals surface area (Å²) in [7, 11) is 0. The van der Waals surface area contributed by atoms with E-state index in [4.69, 9.17) is 27.3 Å². The highest BCUT2D eigenvalue weighted by Crippen LogP contribution is 2.43. The summed E-state index contributed by atoms with van der Waals surface area (Å²) in [6.07, 6.45) is 11.1. The van der Waals surface area contributed by atoms with Crippen LogP contribution in [0.4, 0.5) is 11.6 Å². The minimum Gasteiger partial charge on any atom is -0.330 e. The lowest BCUT2D eigenvalue weighted by molar-refractivity contribution is 0.158.